The molecule has 2 bridgehead atoms. The van der Waals surface area contributed by atoms with E-state index in [0.29, 0.717) is 74.4 Å². The molecular formula is C54H52F2N10O8. The first-order chi connectivity index (χ1) is 35.7. The average Bonchev–Trinajstić information content (AvgIpc) is 4.07. The van der Waals surface area contributed by atoms with Gasteiger partial charge in [-0.15, -0.1) is 6.42 Å². The maximum absolute atomic E-state index is 17.2. The van der Waals surface area contributed by atoms with E-state index in [1.807, 2.05) is 0 Å². The molecule has 18 nitrogen and oxygen atoms in total. The highest BCUT2D eigenvalue weighted by Gasteiger charge is 2.52. The van der Waals surface area contributed by atoms with Crippen LogP contribution >= 0.6 is 0 Å². The number of pyridine rings is 1. The molecule has 380 valence electrons. The van der Waals surface area contributed by atoms with Crippen molar-refractivity contribution < 1.29 is 47.3 Å². The lowest BCUT2D eigenvalue weighted by atomic mass is 9.94. The van der Waals surface area contributed by atoms with E-state index in [2.05, 4.69) is 48.2 Å². The number of phenolic OH excluding ortho intramolecular Hbond substituents is 1. The zero-order valence-corrected chi connectivity index (χ0v) is 40.3. The Kier molecular flexibility index (Phi) is 11.7. The highest BCUT2D eigenvalue weighted by atomic mass is 19.1. The molecule has 5 amide bonds. The van der Waals surface area contributed by atoms with Gasteiger partial charge >= 0.3 is 12.1 Å². The number of terminal acetylenes is 1. The monoisotopic (exact) mass is 1010 g/mol. The number of piperidine rings is 1. The van der Waals surface area contributed by atoms with Crippen molar-refractivity contribution in [3.63, 3.8) is 0 Å². The van der Waals surface area contributed by atoms with E-state index < -0.39 is 52.9 Å². The second kappa shape index (κ2) is 18.3. The molecule has 0 radical (unpaired) electrons. The largest absolute Gasteiger partial charge is 0.508 e. The van der Waals surface area contributed by atoms with Gasteiger partial charge < -0.3 is 35.0 Å². The third-order valence-corrected chi connectivity index (χ3v) is 16.0. The van der Waals surface area contributed by atoms with Crippen LogP contribution in [-0.2, 0) is 14.3 Å². The number of imide groups is 2. The summed E-state index contributed by atoms with van der Waals surface area (Å²) in [6, 6.07) is 9.65. The Morgan fingerprint density at radius 1 is 1.00 bits per heavy atom. The Morgan fingerprint density at radius 3 is 2.59 bits per heavy atom. The SMILES string of the molecule is C#Cc1c(F)ccc2cc(O)cc(-c3ncc4c(N5CC6CCC(C5)N6)nc(OC[C@@]56CC[C@@H](COC(=O)N7CC(CCNc8cccc9c8C(=O)N(C8CCC(=O)NC8=O)C9=O)C7)N5CC(=C)C6)nc4c3F)c12. The number of fused-ring (bicyclic) bond motifs is 6. The number of nitrogens with one attached hydrogen (secondary N) is 3. The molecule has 0 spiro atoms. The van der Waals surface area contributed by atoms with Gasteiger partial charge in [0.2, 0.25) is 11.8 Å². The molecule has 20 heteroatoms. The van der Waals surface area contributed by atoms with Crippen LogP contribution in [0.15, 0.2) is 60.8 Å². The molecule has 3 unspecified atom stereocenters. The summed E-state index contributed by atoms with van der Waals surface area (Å²) in [5.41, 5.74) is 1.19. The summed E-state index contributed by atoms with van der Waals surface area (Å²) < 4.78 is 44.8. The lowest BCUT2D eigenvalue weighted by molar-refractivity contribution is -0.136. The van der Waals surface area contributed by atoms with E-state index >= 15 is 8.78 Å². The van der Waals surface area contributed by atoms with Crippen LogP contribution in [0, 0.1) is 29.9 Å². The van der Waals surface area contributed by atoms with Gasteiger partial charge in [0.05, 0.1) is 27.6 Å². The van der Waals surface area contributed by atoms with Gasteiger partial charge in [-0.05, 0) is 86.6 Å². The molecule has 5 atom stereocenters. The number of hydrogen-bond acceptors (Lipinski definition) is 15. The Morgan fingerprint density at radius 2 is 1.81 bits per heavy atom. The van der Waals surface area contributed by atoms with Crippen LogP contribution in [0.25, 0.3) is 32.9 Å². The number of benzene rings is 3. The number of anilines is 2. The van der Waals surface area contributed by atoms with E-state index in [0.717, 1.165) is 36.2 Å². The molecular weight excluding hydrogens is 955 g/mol. The fraction of sp³-hybridized carbons (Fsp3) is 0.407. The number of likely N-dealkylation sites (tertiary alicyclic amines) is 1. The van der Waals surface area contributed by atoms with E-state index in [1.165, 1.54) is 30.5 Å². The first-order valence-electron chi connectivity index (χ1n) is 25.1. The average molecular weight is 1010 g/mol. The summed E-state index contributed by atoms with van der Waals surface area (Å²) in [5.74, 6) is -0.848. The molecule has 7 aliphatic rings. The minimum atomic E-state index is -1.05. The molecule has 74 heavy (non-hydrogen) atoms. The smallest absolute Gasteiger partial charge is 0.409 e. The maximum atomic E-state index is 17.2. The lowest BCUT2D eigenvalue weighted by Crippen LogP contribution is -2.54. The van der Waals surface area contributed by atoms with Gasteiger partial charge in [-0.1, -0.05) is 30.2 Å². The van der Waals surface area contributed by atoms with Crippen molar-refractivity contribution >= 4 is 62.9 Å². The van der Waals surface area contributed by atoms with Gasteiger partial charge in [0.25, 0.3) is 11.8 Å². The minimum Gasteiger partial charge on any atom is -0.508 e. The van der Waals surface area contributed by atoms with Crippen LogP contribution in [0.5, 0.6) is 11.8 Å². The second-order valence-electron chi connectivity index (χ2n) is 20.7. The maximum Gasteiger partial charge on any atom is 0.409 e. The summed E-state index contributed by atoms with van der Waals surface area (Å²) in [5, 5.41) is 20.9. The second-order valence-corrected chi connectivity index (χ2v) is 20.7. The summed E-state index contributed by atoms with van der Waals surface area (Å²) >= 11 is 0. The zero-order chi connectivity index (χ0) is 51.2. The number of phenols is 1. The highest BCUT2D eigenvalue weighted by molar-refractivity contribution is 6.25. The van der Waals surface area contributed by atoms with Gasteiger partial charge in [-0.3, -0.25) is 39.3 Å². The number of amides is 5. The van der Waals surface area contributed by atoms with Crippen LogP contribution in [0.2, 0.25) is 0 Å². The standard InChI is InChI=1S/C54H52F2N10O8/c1-3-35-39(55)10-7-30-17-34(67)18-37(43(30)35)46-45(56)47-38(20-58-46)48(63-24-31-8-9-32(25-63)59-31)62-52(61-47)74-27-54-15-13-33(65(54)21-28(2)19-54)26-73-53(72)64-22-29(23-64)14-16-57-40-6-4-5-36-44(40)51(71)66(50(36)70)41-11-12-42(68)60-49(41)69/h1,4-7,10,17-18,20,29,31-33,41,57,59,67H,2,8-9,11-16,19,21-27H2,(H,60,68,69)/t31?,32?,33-,41?,54-/m0/s1. The number of piperazine rings is 1. The molecule has 3 aromatic carbocycles. The molecule has 6 fully saturated rings. The van der Waals surface area contributed by atoms with Gasteiger partial charge in [0.15, 0.2) is 5.82 Å². The molecule has 6 saturated heterocycles. The molecule has 12 rings (SSSR count). The number of hydrogen-bond donors (Lipinski definition) is 4. The number of carbonyl (C=O) groups excluding carboxylic acids is 5. The highest BCUT2D eigenvalue weighted by Crippen LogP contribution is 2.45. The molecule has 5 aromatic rings. The van der Waals surface area contributed by atoms with Gasteiger partial charge in [-0.25, -0.2) is 13.6 Å². The van der Waals surface area contributed by atoms with Crippen molar-refractivity contribution in [2.45, 2.75) is 81.1 Å². The van der Waals surface area contributed by atoms with E-state index in [4.69, 9.17) is 20.9 Å². The Labute approximate surface area is 423 Å². The van der Waals surface area contributed by atoms with Crippen molar-refractivity contribution in [3.8, 4) is 35.4 Å². The normalized spacial score (nSPS) is 24.6. The van der Waals surface area contributed by atoms with Crippen LogP contribution < -0.4 is 25.6 Å². The Balaban J connectivity index is 0.702. The Bertz CT molecular complexity index is 3290. The Hall–Kier alpha value is -7.76. The molecule has 4 N–H and O–H groups in total. The number of aromatic nitrogens is 3. The number of ether oxygens (including phenoxy) is 2. The van der Waals surface area contributed by atoms with Crippen LogP contribution in [0.3, 0.4) is 0 Å². The zero-order valence-electron chi connectivity index (χ0n) is 40.3. The molecule has 0 saturated carbocycles. The topological polar surface area (TPSA) is 212 Å². The van der Waals surface area contributed by atoms with Crippen LogP contribution in [0.1, 0.15) is 77.6 Å². The van der Waals surface area contributed by atoms with Crippen molar-refractivity contribution in [2.75, 3.05) is 62.7 Å². The predicted molar refractivity (Wildman–Crippen MR) is 266 cm³/mol. The third-order valence-electron chi connectivity index (χ3n) is 16.0. The number of rotatable bonds is 12. The molecule has 7 aliphatic heterocycles. The van der Waals surface area contributed by atoms with Gasteiger partial charge in [-0.2, -0.15) is 9.97 Å². The molecule has 9 heterocycles. The summed E-state index contributed by atoms with van der Waals surface area (Å²) in [4.78, 5) is 85.5. The number of aromatic hydroxyl groups is 1. The fourth-order valence-electron chi connectivity index (χ4n) is 12.4. The first kappa shape index (κ1) is 47.3. The molecule has 0 aliphatic carbocycles. The van der Waals surface area contributed by atoms with Gasteiger partial charge in [0, 0.05) is 86.6 Å². The third kappa shape index (κ3) is 8.09. The molecule has 2 aromatic heterocycles. The van der Waals surface area contributed by atoms with Crippen molar-refractivity contribution in [3.05, 3.63) is 89.1 Å². The number of carbonyl (C=O) groups is 5. The summed E-state index contributed by atoms with van der Waals surface area (Å²) in [7, 11) is 0. The van der Waals surface area contributed by atoms with E-state index in [9.17, 15) is 29.1 Å². The quantitative estimate of drug-likeness (QED) is 0.0713. The predicted octanol–water partition coefficient (Wildman–Crippen LogP) is 5.26. The van der Waals surface area contributed by atoms with Crippen LogP contribution in [-0.4, -0.2) is 147 Å². The summed E-state index contributed by atoms with van der Waals surface area (Å²) in [6.45, 7) is 7.96. The number of nitrogens with zero attached hydrogens (tertiary/aromatic N) is 7. The van der Waals surface area contributed by atoms with E-state index in [-0.39, 0.29) is 101 Å². The van der Waals surface area contributed by atoms with Crippen molar-refractivity contribution in [1.29, 1.82) is 0 Å². The first-order valence-corrected chi connectivity index (χ1v) is 25.1. The van der Waals surface area contributed by atoms with Gasteiger partial charge in [0.1, 0.15) is 47.9 Å². The fourth-order valence-corrected chi connectivity index (χ4v) is 12.4. The van der Waals surface area contributed by atoms with Crippen LogP contribution in [0.4, 0.5) is 25.1 Å². The van der Waals surface area contributed by atoms with Crippen molar-refractivity contribution in [2.24, 2.45) is 5.92 Å². The lowest BCUT2D eigenvalue weighted by Gasteiger charge is -2.39. The summed E-state index contributed by atoms with van der Waals surface area (Å²) in [6.07, 6.45) is 11.7. The van der Waals surface area contributed by atoms with E-state index in [1.54, 1.807) is 23.1 Å². The van der Waals surface area contributed by atoms with Crippen molar-refractivity contribution in [1.82, 2.24) is 40.3 Å². The minimum absolute atomic E-state index is 0.0255. The number of halogens is 2.